The first-order valence-corrected chi connectivity index (χ1v) is 7.83. The van der Waals surface area contributed by atoms with E-state index in [1.54, 1.807) is 24.3 Å². The van der Waals surface area contributed by atoms with Gasteiger partial charge >= 0.3 is 0 Å². The Morgan fingerprint density at radius 2 is 1.91 bits per heavy atom. The van der Waals surface area contributed by atoms with Gasteiger partial charge in [-0.15, -0.1) is 0 Å². The number of halogens is 1. The molecular formula is C14H8ClNO5S2-2. The van der Waals surface area contributed by atoms with Gasteiger partial charge in [0.1, 0.15) is 4.32 Å². The number of carbonyl (C=O) groups is 3. The molecule has 0 radical (unpaired) electrons. The fourth-order valence-electron chi connectivity index (χ4n) is 1.90. The Morgan fingerprint density at radius 1 is 1.30 bits per heavy atom. The van der Waals surface area contributed by atoms with Crippen LogP contribution >= 0.6 is 35.6 Å². The van der Waals surface area contributed by atoms with Gasteiger partial charge in [-0.2, -0.15) is 0 Å². The van der Waals surface area contributed by atoms with E-state index in [2.05, 4.69) is 0 Å². The smallest absolute Gasteiger partial charge is 0.266 e. The number of hydrogen-bond donors (Lipinski definition) is 0. The lowest BCUT2D eigenvalue weighted by molar-refractivity contribution is -0.319. The van der Waals surface area contributed by atoms with Crippen molar-refractivity contribution in [2.24, 2.45) is 0 Å². The summed E-state index contributed by atoms with van der Waals surface area (Å²) in [6.45, 7) is 0. The van der Waals surface area contributed by atoms with Crippen molar-refractivity contribution in [3.05, 3.63) is 39.8 Å². The van der Waals surface area contributed by atoms with Crippen LogP contribution in [0, 0.1) is 0 Å². The normalized spacial score (nSPS) is 17.6. The van der Waals surface area contributed by atoms with E-state index in [-0.39, 0.29) is 9.23 Å². The molecule has 1 aliphatic rings. The number of rotatable bonds is 5. The summed E-state index contributed by atoms with van der Waals surface area (Å²) >= 11 is 11.6. The van der Waals surface area contributed by atoms with Gasteiger partial charge < -0.3 is 19.8 Å². The molecule has 9 heteroatoms. The highest BCUT2D eigenvalue weighted by atomic mass is 35.5. The zero-order chi connectivity index (χ0) is 17.1. The van der Waals surface area contributed by atoms with Crippen LogP contribution in [0.25, 0.3) is 6.08 Å². The Hall–Kier alpha value is -1.90. The Bertz CT molecular complexity index is 716. The van der Waals surface area contributed by atoms with E-state index in [9.17, 15) is 24.6 Å². The zero-order valence-electron chi connectivity index (χ0n) is 11.4. The molecule has 1 atom stereocenters. The van der Waals surface area contributed by atoms with Crippen molar-refractivity contribution in [1.82, 2.24) is 4.90 Å². The minimum atomic E-state index is -1.71. The molecule has 1 saturated heterocycles. The van der Waals surface area contributed by atoms with Crippen LogP contribution in [-0.2, 0) is 14.4 Å². The molecule has 0 N–H and O–H groups in total. The highest BCUT2D eigenvalue weighted by Crippen LogP contribution is 2.34. The van der Waals surface area contributed by atoms with E-state index in [4.69, 9.17) is 23.8 Å². The maximum Gasteiger partial charge on any atom is 0.266 e. The molecule has 1 unspecified atom stereocenters. The molecule has 1 aliphatic heterocycles. The third-order valence-corrected chi connectivity index (χ3v) is 4.52. The van der Waals surface area contributed by atoms with E-state index >= 15 is 0 Å². The lowest BCUT2D eigenvalue weighted by Gasteiger charge is -2.27. The van der Waals surface area contributed by atoms with E-state index in [0.29, 0.717) is 10.6 Å². The third kappa shape index (κ3) is 4.10. The highest BCUT2D eigenvalue weighted by Gasteiger charge is 2.37. The number of aliphatic carboxylic acids is 2. The van der Waals surface area contributed by atoms with Gasteiger partial charge in [-0.05, 0) is 23.8 Å². The van der Waals surface area contributed by atoms with Crippen LogP contribution in [0.15, 0.2) is 29.2 Å². The molecule has 23 heavy (non-hydrogen) atoms. The van der Waals surface area contributed by atoms with Crippen LogP contribution in [-0.4, -0.2) is 33.1 Å². The molecule has 6 nitrogen and oxygen atoms in total. The summed E-state index contributed by atoms with van der Waals surface area (Å²) in [5.74, 6) is -4.02. The molecule has 1 amide bonds. The Morgan fingerprint density at radius 3 is 2.43 bits per heavy atom. The maximum atomic E-state index is 12.3. The number of benzene rings is 1. The quantitative estimate of drug-likeness (QED) is 0.523. The first-order chi connectivity index (χ1) is 10.8. The summed E-state index contributed by atoms with van der Waals surface area (Å²) in [5.41, 5.74) is 0.666. The van der Waals surface area contributed by atoms with Crippen molar-refractivity contribution in [1.29, 1.82) is 0 Å². The van der Waals surface area contributed by atoms with Crippen LogP contribution in [0.3, 0.4) is 0 Å². The SMILES string of the molecule is O=C([O-])CC(C(=O)[O-])N1C(=O)C(=Cc2ccc(Cl)cc2)SC1=S. The number of hydrogen-bond acceptors (Lipinski definition) is 7. The van der Waals surface area contributed by atoms with E-state index in [1.807, 2.05) is 0 Å². The number of thiocarbonyl (C=S) groups is 1. The fourth-order valence-corrected chi connectivity index (χ4v) is 3.38. The Labute approximate surface area is 145 Å². The van der Waals surface area contributed by atoms with Gasteiger partial charge in [-0.3, -0.25) is 9.69 Å². The number of thioether (sulfide) groups is 1. The van der Waals surface area contributed by atoms with Gasteiger partial charge in [0, 0.05) is 17.4 Å². The largest absolute Gasteiger partial charge is 0.550 e. The van der Waals surface area contributed by atoms with Crippen LogP contribution in [0.1, 0.15) is 12.0 Å². The van der Waals surface area contributed by atoms with Crippen molar-refractivity contribution in [2.45, 2.75) is 12.5 Å². The molecule has 120 valence electrons. The average molecular weight is 370 g/mol. The Balaban J connectivity index is 2.30. The van der Waals surface area contributed by atoms with Gasteiger partial charge in [0.25, 0.3) is 5.91 Å². The van der Waals surface area contributed by atoms with Gasteiger partial charge in [0.05, 0.1) is 16.9 Å². The second-order valence-corrected chi connectivity index (χ2v) is 6.63. The highest BCUT2D eigenvalue weighted by molar-refractivity contribution is 8.26. The van der Waals surface area contributed by atoms with E-state index in [0.717, 1.165) is 16.7 Å². The predicted octanol–water partition coefficient (Wildman–Crippen LogP) is -0.200. The summed E-state index contributed by atoms with van der Waals surface area (Å²) in [4.78, 5) is 35.0. The van der Waals surface area contributed by atoms with Gasteiger partial charge in [-0.25, -0.2) is 0 Å². The second kappa shape index (κ2) is 7.12. The predicted molar refractivity (Wildman–Crippen MR) is 84.9 cm³/mol. The molecule has 0 spiro atoms. The molecule has 0 aliphatic carbocycles. The zero-order valence-corrected chi connectivity index (χ0v) is 13.7. The van der Waals surface area contributed by atoms with Gasteiger partial charge in [-0.1, -0.05) is 47.7 Å². The lowest BCUT2D eigenvalue weighted by Crippen LogP contribution is -2.52. The molecule has 1 heterocycles. The van der Waals surface area contributed by atoms with Crippen LogP contribution < -0.4 is 10.2 Å². The molecule has 1 aromatic carbocycles. The fraction of sp³-hybridized carbons (Fsp3) is 0.143. The summed E-state index contributed by atoms with van der Waals surface area (Å²) in [6.07, 6.45) is 0.615. The second-order valence-electron chi connectivity index (χ2n) is 4.51. The Kier molecular flexibility index (Phi) is 5.40. The number of carboxylic acids is 2. The summed E-state index contributed by atoms with van der Waals surface area (Å²) in [5, 5.41) is 22.3. The van der Waals surface area contributed by atoms with Crippen molar-refractivity contribution in [3.8, 4) is 0 Å². The first kappa shape index (κ1) is 17.5. The van der Waals surface area contributed by atoms with Crippen LogP contribution in [0.4, 0.5) is 0 Å². The standard InChI is InChI=1S/C14H10ClNO5S2/c15-8-3-1-7(2-4-8)5-10-12(19)16(14(22)23-10)9(13(20)21)6-11(17)18/h1-5,9H,6H2,(H,17,18)(H,20,21)/p-2. The topological polar surface area (TPSA) is 101 Å². The molecule has 0 saturated carbocycles. The van der Waals surface area contributed by atoms with E-state index < -0.39 is 30.3 Å². The van der Waals surface area contributed by atoms with Crippen molar-refractivity contribution >= 4 is 63.8 Å². The molecule has 0 bridgehead atoms. The van der Waals surface area contributed by atoms with Crippen molar-refractivity contribution in [2.75, 3.05) is 0 Å². The number of nitrogens with zero attached hydrogens (tertiary/aromatic N) is 1. The van der Waals surface area contributed by atoms with E-state index in [1.165, 1.54) is 6.08 Å². The number of carbonyl (C=O) groups excluding carboxylic acids is 3. The summed E-state index contributed by atoms with van der Waals surface area (Å²) in [7, 11) is 0. The third-order valence-electron chi connectivity index (χ3n) is 2.94. The van der Waals surface area contributed by atoms with Crippen molar-refractivity contribution in [3.63, 3.8) is 0 Å². The first-order valence-electron chi connectivity index (χ1n) is 6.23. The molecule has 1 aromatic rings. The molecule has 2 rings (SSSR count). The summed E-state index contributed by atoms with van der Waals surface area (Å²) in [6, 6.07) is 4.91. The summed E-state index contributed by atoms with van der Waals surface area (Å²) < 4.78 is -0.0503. The minimum Gasteiger partial charge on any atom is -0.550 e. The minimum absolute atomic E-state index is 0.0503. The molecule has 0 aromatic heterocycles. The molecular weight excluding hydrogens is 362 g/mol. The van der Waals surface area contributed by atoms with Crippen molar-refractivity contribution < 1.29 is 24.6 Å². The number of carboxylic acid groups (broad SMARTS) is 2. The lowest BCUT2D eigenvalue weighted by atomic mass is 10.1. The van der Waals surface area contributed by atoms with Crippen LogP contribution in [0.5, 0.6) is 0 Å². The monoisotopic (exact) mass is 369 g/mol. The van der Waals surface area contributed by atoms with Crippen LogP contribution in [0.2, 0.25) is 5.02 Å². The maximum absolute atomic E-state index is 12.3. The van der Waals surface area contributed by atoms with Gasteiger partial charge in [0.15, 0.2) is 0 Å². The number of amides is 1. The molecule has 1 fully saturated rings. The average Bonchev–Trinajstić information content (AvgIpc) is 2.73. The van der Waals surface area contributed by atoms with Gasteiger partial charge in [0.2, 0.25) is 0 Å².